The number of rotatable bonds is 3. The van der Waals surface area contributed by atoms with E-state index >= 15 is 0 Å². The number of furan rings is 1. The predicted molar refractivity (Wildman–Crippen MR) is 71.1 cm³/mol. The fraction of sp³-hybridized carbons (Fsp3) is 0.0909. The maximum atomic E-state index is 5.41. The molecule has 86 valence electrons. The zero-order chi connectivity index (χ0) is 11.7. The lowest BCUT2D eigenvalue weighted by molar-refractivity contribution is 0.495. The highest BCUT2D eigenvalue weighted by molar-refractivity contribution is 9.10. The van der Waals surface area contributed by atoms with Crippen LogP contribution in [0.3, 0.4) is 0 Å². The summed E-state index contributed by atoms with van der Waals surface area (Å²) >= 11 is 4.88. The molecule has 0 atom stereocenters. The number of nitrogens with one attached hydrogen (secondary N) is 1. The van der Waals surface area contributed by atoms with Crippen molar-refractivity contribution in [1.29, 1.82) is 0 Å². The number of aromatic nitrogens is 2. The molecule has 0 aliphatic heterocycles. The zero-order valence-corrected chi connectivity index (χ0v) is 11.1. The van der Waals surface area contributed by atoms with Crippen molar-refractivity contribution in [3.63, 3.8) is 0 Å². The number of thiophene rings is 1. The van der Waals surface area contributed by atoms with Gasteiger partial charge >= 0.3 is 0 Å². The van der Waals surface area contributed by atoms with Gasteiger partial charge in [-0.1, -0.05) is 0 Å². The second-order valence-corrected chi connectivity index (χ2v) is 5.10. The van der Waals surface area contributed by atoms with Crippen LogP contribution in [-0.4, -0.2) is 9.97 Å². The molecule has 3 aromatic rings. The fourth-order valence-electron chi connectivity index (χ4n) is 1.55. The summed E-state index contributed by atoms with van der Waals surface area (Å²) in [5, 5.41) is 6.30. The van der Waals surface area contributed by atoms with E-state index in [-0.39, 0.29) is 0 Å². The van der Waals surface area contributed by atoms with Crippen LogP contribution < -0.4 is 5.32 Å². The van der Waals surface area contributed by atoms with Crippen molar-refractivity contribution in [2.45, 2.75) is 6.54 Å². The molecule has 1 N–H and O–H groups in total. The maximum Gasteiger partial charge on any atom is 0.169 e. The van der Waals surface area contributed by atoms with E-state index in [1.54, 1.807) is 17.7 Å². The molecule has 3 heterocycles. The van der Waals surface area contributed by atoms with Gasteiger partial charge in [-0.2, -0.15) is 0 Å². The van der Waals surface area contributed by atoms with Crippen LogP contribution in [0.5, 0.6) is 0 Å². The van der Waals surface area contributed by atoms with E-state index in [1.807, 2.05) is 23.6 Å². The van der Waals surface area contributed by atoms with Gasteiger partial charge < -0.3 is 9.73 Å². The number of fused-ring (bicyclic) bond motifs is 1. The lowest BCUT2D eigenvalue weighted by Crippen LogP contribution is -2.00. The van der Waals surface area contributed by atoms with Crippen LogP contribution in [0.1, 0.15) is 5.76 Å². The first kappa shape index (κ1) is 10.7. The van der Waals surface area contributed by atoms with Gasteiger partial charge in [-0.3, -0.25) is 0 Å². The third-order valence-corrected chi connectivity index (χ3v) is 3.57. The van der Waals surface area contributed by atoms with E-state index in [2.05, 4.69) is 31.2 Å². The number of hydrogen-bond acceptors (Lipinski definition) is 5. The molecule has 0 amide bonds. The SMILES string of the molecule is Brc1ccc(CNc2ncnc3sccc23)o1. The normalized spacial score (nSPS) is 10.9. The van der Waals surface area contributed by atoms with E-state index < -0.39 is 0 Å². The molecule has 3 rings (SSSR count). The van der Waals surface area contributed by atoms with Crippen molar-refractivity contribution < 1.29 is 4.42 Å². The molecule has 0 bridgehead atoms. The van der Waals surface area contributed by atoms with E-state index in [0.717, 1.165) is 26.5 Å². The van der Waals surface area contributed by atoms with Crippen molar-refractivity contribution in [3.8, 4) is 0 Å². The minimum absolute atomic E-state index is 0.605. The molecule has 0 saturated heterocycles. The molecule has 0 unspecified atom stereocenters. The highest BCUT2D eigenvalue weighted by Crippen LogP contribution is 2.24. The summed E-state index contributed by atoms with van der Waals surface area (Å²) in [7, 11) is 0. The predicted octanol–water partition coefficient (Wildman–Crippen LogP) is 3.66. The summed E-state index contributed by atoms with van der Waals surface area (Å²) in [6.07, 6.45) is 1.57. The highest BCUT2D eigenvalue weighted by Gasteiger charge is 2.05. The van der Waals surface area contributed by atoms with Gasteiger partial charge in [-0.25, -0.2) is 9.97 Å². The van der Waals surface area contributed by atoms with E-state index in [4.69, 9.17) is 4.42 Å². The Morgan fingerprint density at radius 2 is 2.24 bits per heavy atom. The first-order valence-corrected chi connectivity index (χ1v) is 6.66. The van der Waals surface area contributed by atoms with Gasteiger partial charge in [0.1, 0.15) is 22.7 Å². The second kappa shape index (κ2) is 4.46. The second-order valence-electron chi connectivity index (χ2n) is 3.42. The Labute approximate surface area is 110 Å². The minimum atomic E-state index is 0.605. The average Bonchev–Trinajstić information content (AvgIpc) is 2.94. The summed E-state index contributed by atoms with van der Waals surface area (Å²) in [4.78, 5) is 9.42. The van der Waals surface area contributed by atoms with Crippen LogP contribution in [0, 0.1) is 0 Å². The molecule has 4 nitrogen and oxygen atoms in total. The maximum absolute atomic E-state index is 5.41. The molecule has 0 fully saturated rings. The van der Waals surface area contributed by atoms with Crippen molar-refractivity contribution >= 4 is 43.3 Å². The molecule has 0 aliphatic rings. The Balaban J connectivity index is 1.83. The number of anilines is 1. The minimum Gasteiger partial charge on any atom is -0.452 e. The van der Waals surface area contributed by atoms with Gasteiger partial charge in [0.2, 0.25) is 0 Å². The quantitative estimate of drug-likeness (QED) is 0.802. The van der Waals surface area contributed by atoms with Crippen molar-refractivity contribution in [3.05, 3.63) is 40.3 Å². The largest absolute Gasteiger partial charge is 0.452 e. The Morgan fingerprint density at radius 3 is 3.06 bits per heavy atom. The number of hydrogen-bond donors (Lipinski definition) is 1. The Bertz CT molecular complexity index is 649. The number of nitrogens with zero attached hydrogens (tertiary/aromatic N) is 2. The summed E-state index contributed by atoms with van der Waals surface area (Å²) in [6, 6.07) is 5.81. The lowest BCUT2D eigenvalue weighted by Gasteiger charge is -2.03. The summed E-state index contributed by atoms with van der Waals surface area (Å²) in [5.74, 6) is 1.70. The zero-order valence-electron chi connectivity index (χ0n) is 8.68. The summed E-state index contributed by atoms with van der Waals surface area (Å²) in [6.45, 7) is 0.605. The van der Waals surface area contributed by atoms with Crippen molar-refractivity contribution in [2.75, 3.05) is 5.32 Å². The molecule has 0 saturated carbocycles. The molecule has 0 radical (unpaired) electrons. The standard InChI is InChI=1S/C11H8BrN3OS/c12-9-2-1-7(16-9)5-13-10-8-3-4-17-11(8)15-6-14-10/h1-4,6H,5H2,(H,13,14,15). The molecule has 3 aromatic heterocycles. The first-order valence-electron chi connectivity index (χ1n) is 4.99. The van der Waals surface area contributed by atoms with Crippen molar-refractivity contribution in [2.24, 2.45) is 0 Å². The van der Waals surface area contributed by atoms with Crippen LogP contribution in [0.25, 0.3) is 10.2 Å². The van der Waals surface area contributed by atoms with Crippen LogP contribution in [-0.2, 0) is 6.54 Å². The van der Waals surface area contributed by atoms with E-state index in [9.17, 15) is 0 Å². The van der Waals surface area contributed by atoms with Crippen LogP contribution in [0.15, 0.2) is 39.0 Å². The Morgan fingerprint density at radius 1 is 1.29 bits per heavy atom. The summed E-state index contributed by atoms with van der Waals surface area (Å²) in [5.41, 5.74) is 0. The monoisotopic (exact) mass is 309 g/mol. The highest BCUT2D eigenvalue weighted by atomic mass is 79.9. The van der Waals surface area contributed by atoms with Gasteiger partial charge in [0.05, 0.1) is 11.9 Å². The van der Waals surface area contributed by atoms with Crippen LogP contribution >= 0.6 is 27.3 Å². The van der Waals surface area contributed by atoms with Crippen molar-refractivity contribution in [1.82, 2.24) is 9.97 Å². The summed E-state index contributed by atoms with van der Waals surface area (Å²) < 4.78 is 6.15. The van der Waals surface area contributed by atoms with E-state index in [0.29, 0.717) is 6.54 Å². The molecule has 17 heavy (non-hydrogen) atoms. The first-order chi connectivity index (χ1) is 8.33. The Kier molecular flexibility index (Phi) is 2.82. The molecule has 0 spiro atoms. The fourth-order valence-corrected chi connectivity index (χ4v) is 2.62. The van der Waals surface area contributed by atoms with Crippen LogP contribution in [0.4, 0.5) is 5.82 Å². The number of halogens is 1. The molecule has 6 heteroatoms. The third-order valence-electron chi connectivity index (χ3n) is 2.32. The van der Waals surface area contributed by atoms with Gasteiger partial charge in [-0.05, 0) is 39.5 Å². The molecule has 0 aliphatic carbocycles. The smallest absolute Gasteiger partial charge is 0.169 e. The molecule has 0 aromatic carbocycles. The third kappa shape index (κ3) is 2.18. The lowest BCUT2D eigenvalue weighted by atomic mass is 10.3. The van der Waals surface area contributed by atoms with E-state index in [1.165, 1.54) is 0 Å². The van der Waals surface area contributed by atoms with Gasteiger partial charge in [-0.15, -0.1) is 11.3 Å². The van der Waals surface area contributed by atoms with Gasteiger partial charge in [0.15, 0.2) is 4.67 Å². The van der Waals surface area contributed by atoms with Gasteiger partial charge in [0.25, 0.3) is 0 Å². The van der Waals surface area contributed by atoms with Crippen LogP contribution in [0.2, 0.25) is 0 Å². The average molecular weight is 310 g/mol. The van der Waals surface area contributed by atoms with Gasteiger partial charge in [0, 0.05) is 0 Å². The molecular formula is C11H8BrN3OS. The topological polar surface area (TPSA) is 51.0 Å². The molecular weight excluding hydrogens is 302 g/mol. The Hall–Kier alpha value is -1.40.